The molecule has 0 unspecified atom stereocenters. The van der Waals surface area contributed by atoms with Crippen LogP contribution < -0.4 is 5.32 Å². The van der Waals surface area contributed by atoms with Crippen molar-refractivity contribution >= 4 is 34.8 Å². The lowest BCUT2D eigenvalue weighted by atomic mass is 9.75. The summed E-state index contributed by atoms with van der Waals surface area (Å²) in [6.45, 7) is 1.97. The number of benzene rings is 1. The van der Waals surface area contributed by atoms with E-state index in [1.165, 1.54) is 6.42 Å². The molecule has 3 fully saturated rings. The first-order valence-electron chi connectivity index (χ1n) is 8.87. The molecule has 3 heterocycles. The zero-order chi connectivity index (χ0) is 18.0. The van der Waals surface area contributed by atoms with Crippen molar-refractivity contribution < 1.29 is 9.53 Å². The van der Waals surface area contributed by atoms with E-state index in [0.29, 0.717) is 27.6 Å². The Morgan fingerprint density at radius 3 is 2.73 bits per heavy atom. The molecule has 5 rings (SSSR count). The van der Waals surface area contributed by atoms with Gasteiger partial charge in [0.05, 0.1) is 28.2 Å². The van der Waals surface area contributed by atoms with Gasteiger partial charge in [0.15, 0.2) is 0 Å². The van der Waals surface area contributed by atoms with Crippen LogP contribution >= 0.6 is 23.2 Å². The van der Waals surface area contributed by atoms with Gasteiger partial charge in [-0.3, -0.25) is 9.78 Å². The van der Waals surface area contributed by atoms with Gasteiger partial charge in [-0.05, 0) is 61.1 Å². The highest BCUT2D eigenvalue weighted by molar-refractivity contribution is 6.42. The van der Waals surface area contributed by atoms with Crippen LogP contribution in [0.5, 0.6) is 0 Å². The zero-order valence-corrected chi connectivity index (χ0v) is 15.7. The van der Waals surface area contributed by atoms with Crippen molar-refractivity contribution in [3.05, 3.63) is 57.8 Å². The molecule has 2 aromatic rings. The highest BCUT2D eigenvalue weighted by Crippen LogP contribution is 2.65. The van der Waals surface area contributed by atoms with Crippen LogP contribution in [0, 0.1) is 24.7 Å². The normalized spacial score (nSPS) is 33.8. The average Bonchev–Trinajstić information content (AvgIpc) is 3.22. The molecule has 3 aliphatic rings. The molecule has 1 aromatic carbocycles. The molecule has 0 spiro atoms. The standard InChI is InChI=1S/C20H18Cl2N2O2/c1-9-6-10(4-5-23-9)16-17(19-13-8-12(13)18(16)26-19)20(25)24-11-2-3-14(21)15(22)7-11/h2-7,12-13,16-19H,8H2,1H3,(H,24,25)/t12-,13+,16+,17+,18-,19+/m0/s1. The van der Waals surface area contributed by atoms with E-state index in [4.69, 9.17) is 27.9 Å². The van der Waals surface area contributed by atoms with Crippen LogP contribution in [0.4, 0.5) is 5.69 Å². The van der Waals surface area contributed by atoms with E-state index in [0.717, 1.165) is 11.3 Å². The average molecular weight is 389 g/mol. The van der Waals surface area contributed by atoms with Gasteiger partial charge in [0.25, 0.3) is 0 Å². The van der Waals surface area contributed by atoms with Crippen LogP contribution in [0.3, 0.4) is 0 Å². The molecule has 6 atom stereocenters. The minimum absolute atomic E-state index is 0.00578. The van der Waals surface area contributed by atoms with Crippen molar-refractivity contribution in [3.63, 3.8) is 0 Å². The molecule has 2 bridgehead atoms. The summed E-state index contributed by atoms with van der Waals surface area (Å²) in [5.74, 6) is 1.00. The van der Waals surface area contributed by atoms with Crippen molar-refractivity contribution in [1.82, 2.24) is 4.98 Å². The van der Waals surface area contributed by atoms with Gasteiger partial charge in [-0.15, -0.1) is 0 Å². The molecule has 1 aliphatic carbocycles. The van der Waals surface area contributed by atoms with Gasteiger partial charge in [-0.25, -0.2) is 0 Å². The van der Waals surface area contributed by atoms with Crippen LogP contribution in [0.15, 0.2) is 36.5 Å². The largest absolute Gasteiger partial charge is 0.373 e. The fourth-order valence-electron chi connectivity index (χ4n) is 4.77. The van der Waals surface area contributed by atoms with E-state index in [1.54, 1.807) is 18.2 Å². The smallest absolute Gasteiger partial charge is 0.230 e. The first-order chi connectivity index (χ1) is 12.5. The quantitative estimate of drug-likeness (QED) is 0.844. The topological polar surface area (TPSA) is 51.2 Å². The predicted octanol–water partition coefficient (Wildman–Crippen LogP) is 4.45. The Hall–Kier alpha value is -1.62. The number of nitrogens with one attached hydrogen (secondary N) is 1. The summed E-state index contributed by atoms with van der Waals surface area (Å²) in [5, 5.41) is 3.91. The second-order valence-electron chi connectivity index (χ2n) is 7.53. The van der Waals surface area contributed by atoms with Crippen LogP contribution in [-0.4, -0.2) is 23.1 Å². The molecule has 134 valence electrons. The molecule has 1 amide bonds. The number of fused-ring (bicyclic) bond motifs is 5. The highest BCUT2D eigenvalue weighted by Gasteiger charge is 2.68. The Balaban J connectivity index is 1.45. The lowest BCUT2D eigenvalue weighted by Crippen LogP contribution is -2.37. The third-order valence-corrected chi connectivity index (χ3v) is 6.68. The number of ether oxygens (including phenoxy) is 1. The van der Waals surface area contributed by atoms with Crippen LogP contribution in [-0.2, 0) is 9.53 Å². The molecule has 6 heteroatoms. The van der Waals surface area contributed by atoms with Gasteiger partial charge < -0.3 is 10.1 Å². The number of hydrogen-bond donors (Lipinski definition) is 1. The van der Waals surface area contributed by atoms with Gasteiger partial charge in [0.2, 0.25) is 5.91 Å². The third-order valence-electron chi connectivity index (χ3n) is 5.94. The Labute approximate surface area is 161 Å². The van der Waals surface area contributed by atoms with Crippen molar-refractivity contribution in [2.75, 3.05) is 5.32 Å². The van der Waals surface area contributed by atoms with E-state index in [9.17, 15) is 4.79 Å². The number of nitrogens with zero attached hydrogens (tertiary/aromatic N) is 1. The second kappa shape index (κ2) is 5.95. The van der Waals surface area contributed by atoms with Gasteiger partial charge in [0, 0.05) is 23.5 Å². The summed E-state index contributed by atoms with van der Waals surface area (Å²) in [5.41, 5.74) is 2.76. The molecular weight excluding hydrogens is 371 g/mol. The molecule has 1 N–H and O–H groups in total. The SMILES string of the molecule is Cc1cc([C@H]2[C@H]3O[C@H]([C@@H]4C[C@@H]43)[C@@H]2C(=O)Nc2ccc(Cl)c(Cl)c2)ccn1. The second-order valence-corrected chi connectivity index (χ2v) is 8.34. The monoisotopic (exact) mass is 388 g/mol. The Morgan fingerprint density at radius 2 is 1.96 bits per heavy atom. The van der Waals surface area contributed by atoms with Crippen molar-refractivity contribution in [2.24, 2.45) is 17.8 Å². The van der Waals surface area contributed by atoms with E-state index in [-0.39, 0.29) is 30.0 Å². The maximum absolute atomic E-state index is 13.2. The summed E-state index contributed by atoms with van der Waals surface area (Å²) >= 11 is 12.0. The summed E-state index contributed by atoms with van der Waals surface area (Å²) in [7, 11) is 0. The maximum atomic E-state index is 13.2. The number of amides is 1. The number of rotatable bonds is 3. The van der Waals surface area contributed by atoms with E-state index in [2.05, 4.69) is 16.4 Å². The number of halogens is 2. The molecule has 26 heavy (non-hydrogen) atoms. The predicted molar refractivity (Wildman–Crippen MR) is 101 cm³/mol. The van der Waals surface area contributed by atoms with Gasteiger partial charge >= 0.3 is 0 Å². The van der Waals surface area contributed by atoms with Crippen LogP contribution in [0.2, 0.25) is 10.0 Å². The number of aromatic nitrogens is 1. The fraction of sp³-hybridized carbons (Fsp3) is 0.400. The first kappa shape index (κ1) is 16.5. The number of hydrogen-bond acceptors (Lipinski definition) is 3. The lowest BCUT2D eigenvalue weighted by molar-refractivity contribution is -0.122. The van der Waals surface area contributed by atoms with Crippen molar-refractivity contribution in [2.45, 2.75) is 31.5 Å². The molecule has 4 nitrogen and oxygen atoms in total. The van der Waals surface area contributed by atoms with E-state index >= 15 is 0 Å². The Bertz CT molecular complexity index is 903. The van der Waals surface area contributed by atoms with Gasteiger partial charge in [-0.1, -0.05) is 23.2 Å². The Kier molecular flexibility index (Phi) is 3.78. The molecular formula is C20H18Cl2N2O2. The lowest BCUT2D eigenvalue weighted by Gasteiger charge is -2.27. The summed E-state index contributed by atoms with van der Waals surface area (Å²) < 4.78 is 6.23. The van der Waals surface area contributed by atoms with Gasteiger partial charge in [-0.2, -0.15) is 0 Å². The minimum Gasteiger partial charge on any atom is -0.373 e. The Morgan fingerprint density at radius 1 is 1.15 bits per heavy atom. The number of carbonyl (C=O) groups excluding carboxylic acids is 1. The number of pyridine rings is 1. The fourth-order valence-corrected chi connectivity index (χ4v) is 5.07. The number of aryl methyl sites for hydroxylation is 1. The third kappa shape index (κ3) is 2.55. The van der Waals surface area contributed by atoms with E-state index in [1.807, 2.05) is 19.2 Å². The minimum atomic E-state index is -0.194. The molecule has 2 saturated heterocycles. The first-order valence-corrected chi connectivity index (χ1v) is 9.62. The van der Waals surface area contributed by atoms with Crippen molar-refractivity contribution in [3.8, 4) is 0 Å². The summed E-state index contributed by atoms with van der Waals surface area (Å²) in [6, 6.07) is 9.23. The highest BCUT2D eigenvalue weighted by atomic mass is 35.5. The molecule has 2 aliphatic heterocycles. The number of anilines is 1. The molecule has 1 aromatic heterocycles. The van der Waals surface area contributed by atoms with E-state index < -0.39 is 0 Å². The van der Waals surface area contributed by atoms with Crippen molar-refractivity contribution in [1.29, 1.82) is 0 Å². The number of carbonyl (C=O) groups is 1. The van der Waals surface area contributed by atoms with Gasteiger partial charge in [0.1, 0.15) is 0 Å². The van der Waals surface area contributed by atoms with Crippen LogP contribution in [0.25, 0.3) is 0 Å². The summed E-state index contributed by atoms with van der Waals surface area (Å²) in [4.78, 5) is 17.4. The molecule has 0 radical (unpaired) electrons. The molecule has 1 saturated carbocycles. The van der Waals surface area contributed by atoms with Crippen LogP contribution in [0.1, 0.15) is 23.6 Å². The maximum Gasteiger partial charge on any atom is 0.230 e. The zero-order valence-electron chi connectivity index (χ0n) is 14.2. The summed E-state index contributed by atoms with van der Waals surface area (Å²) in [6.07, 6.45) is 3.13.